The van der Waals surface area contributed by atoms with E-state index in [0.29, 0.717) is 0 Å². The molecule has 66 valence electrons. The molecule has 2 unspecified atom stereocenters. The largest absolute Gasteiger partial charge is 0.0648 e. The van der Waals surface area contributed by atoms with Gasteiger partial charge in [-0.15, -0.1) is 0 Å². The lowest BCUT2D eigenvalue weighted by atomic mass is 9.92. The van der Waals surface area contributed by atoms with E-state index in [9.17, 15) is 0 Å². The van der Waals surface area contributed by atoms with Crippen molar-refractivity contribution in [2.75, 3.05) is 0 Å². The highest BCUT2D eigenvalue weighted by Gasteiger charge is 2.59. The highest BCUT2D eigenvalue weighted by atomic mass is 14.6. The van der Waals surface area contributed by atoms with Gasteiger partial charge in [0.25, 0.3) is 0 Å². The van der Waals surface area contributed by atoms with Crippen molar-refractivity contribution in [2.45, 2.75) is 47.5 Å². The average molecular weight is 154 g/mol. The Morgan fingerprint density at radius 3 is 1.73 bits per heavy atom. The van der Waals surface area contributed by atoms with Gasteiger partial charge in [0.15, 0.2) is 0 Å². The molecule has 0 amide bonds. The first-order chi connectivity index (χ1) is 5.10. The van der Waals surface area contributed by atoms with Gasteiger partial charge in [0.1, 0.15) is 0 Å². The molecule has 1 aliphatic carbocycles. The molecular weight excluding hydrogens is 132 g/mol. The monoisotopic (exact) mass is 154 g/mol. The highest BCUT2D eigenvalue weighted by Crippen LogP contribution is 2.65. The number of rotatable bonds is 3. The van der Waals surface area contributed by atoms with E-state index in [4.69, 9.17) is 0 Å². The van der Waals surface area contributed by atoms with Crippen LogP contribution in [0.1, 0.15) is 47.5 Å². The van der Waals surface area contributed by atoms with E-state index in [2.05, 4.69) is 34.6 Å². The van der Waals surface area contributed by atoms with Crippen molar-refractivity contribution in [2.24, 2.45) is 23.2 Å². The molecule has 0 aromatic heterocycles. The van der Waals surface area contributed by atoms with Gasteiger partial charge in [0.05, 0.1) is 0 Å². The quantitative estimate of drug-likeness (QED) is 0.581. The molecule has 0 N–H and O–H groups in total. The molecule has 0 saturated heterocycles. The summed E-state index contributed by atoms with van der Waals surface area (Å²) in [7, 11) is 0. The van der Waals surface area contributed by atoms with Crippen LogP contribution in [-0.4, -0.2) is 0 Å². The second-order valence-electron chi connectivity index (χ2n) is 4.50. The van der Waals surface area contributed by atoms with Gasteiger partial charge in [-0.25, -0.2) is 0 Å². The van der Waals surface area contributed by atoms with Crippen molar-refractivity contribution >= 4 is 0 Å². The fraction of sp³-hybridized carbons (Fsp3) is 1.00. The molecular formula is C11H22. The minimum atomic E-state index is 0.730. The topological polar surface area (TPSA) is 0 Å². The van der Waals surface area contributed by atoms with Crippen LogP contribution in [-0.2, 0) is 0 Å². The minimum Gasteiger partial charge on any atom is -0.0648 e. The van der Waals surface area contributed by atoms with E-state index in [0.717, 1.165) is 23.2 Å². The predicted molar refractivity (Wildman–Crippen MR) is 50.5 cm³/mol. The number of hydrogen-bond acceptors (Lipinski definition) is 0. The Hall–Kier alpha value is 0. The van der Waals surface area contributed by atoms with E-state index < -0.39 is 0 Å². The van der Waals surface area contributed by atoms with E-state index in [1.165, 1.54) is 12.8 Å². The lowest BCUT2D eigenvalue weighted by Crippen LogP contribution is -2.04. The van der Waals surface area contributed by atoms with E-state index in [1.807, 2.05) is 0 Å². The number of hydrogen-bond donors (Lipinski definition) is 0. The lowest BCUT2D eigenvalue weighted by molar-refractivity contribution is 0.364. The molecule has 1 fully saturated rings. The van der Waals surface area contributed by atoms with Gasteiger partial charge >= 0.3 is 0 Å². The first-order valence-electron chi connectivity index (χ1n) is 5.10. The lowest BCUT2D eigenvalue weighted by Gasteiger charge is -2.13. The summed E-state index contributed by atoms with van der Waals surface area (Å²) in [6, 6.07) is 0. The van der Waals surface area contributed by atoms with Crippen LogP contribution in [0.2, 0.25) is 0 Å². The van der Waals surface area contributed by atoms with Crippen LogP contribution in [0, 0.1) is 23.2 Å². The van der Waals surface area contributed by atoms with E-state index in [1.54, 1.807) is 0 Å². The van der Waals surface area contributed by atoms with E-state index in [-0.39, 0.29) is 0 Å². The summed E-state index contributed by atoms with van der Waals surface area (Å²) >= 11 is 0. The van der Waals surface area contributed by atoms with Crippen LogP contribution in [0.15, 0.2) is 0 Å². The summed E-state index contributed by atoms with van der Waals surface area (Å²) in [6.45, 7) is 11.9. The fourth-order valence-electron chi connectivity index (χ4n) is 3.34. The SMILES string of the molecule is CCC1(CC)C(C)C1C(C)C. The maximum absolute atomic E-state index is 2.43. The molecule has 0 nitrogen and oxygen atoms in total. The maximum Gasteiger partial charge on any atom is -0.0241 e. The van der Waals surface area contributed by atoms with Crippen LogP contribution < -0.4 is 0 Å². The molecule has 2 atom stereocenters. The van der Waals surface area contributed by atoms with Crippen molar-refractivity contribution in [1.82, 2.24) is 0 Å². The van der Waals surface area contributed by atoms with Crippen LogP contribution in [0.25, 0.3) is 0 Å². The smallest absolute Gasteiger partial charge is 0.0241 e. The average Bonchev–Trinajstić information content (AvgIpc) is 2.56. The zero-order valence-corrected chi connectivity index (χ0v) is 8.65. The Bertz CT molecular complexity index is 131. The predicted octanol–water partition coefficient (Wildman–Crippen LogP) is 3.71. The molecule has 0 bridgehead atoms. The molecule has 0 aromatic rings. The molecule has 11 heavy (non-hydrogen) atoms. The second-order valence-corrected chi connectivity index (χ2v) is 4.50. The standard InChI is InChI=1S/C11H22/c1-6-11(7-2)9(5)10(11)8(3)4/h8-10H,6-7H2,1-5H3. The summed E-state index contributed by atoms with van der Waals surface area (Å²) in [5.74, 6) is 2.89. The molecule has 0 aliphatic heterocycles. The molecule has 0 heterocycles. The highest BCUT2D eigenvalue weighted by molar-refractivity contribution is 5.07. The summed E-state index contributed by atoms with van der Waals surface area (Å²) in [5.41, 5.74) is 0.730. The Labute approximate surface area is 71.4 Å². The summed E-state index contributed by atoms with van der Waals surface area (Å²) in [5, 5.41) is 0. The molecule has 0 aromatic carbocycles. The van der Waals surface area contributed by atoms with Gasteiger partial charge in [-0.1, -0.05) is 34.6 Å². The van der Waals surface area contributed by atoms with Gasteiger partial charge in [0, 0.05) is 0 Å². The van der Waals surface area contributed by atoms with Crippen molar-refractivity contribution < 1.29 is 0 Å². The Morgan fingerprint density at radius 1 is 1.18 bits per heavy atom. The molecule has 1 saturated carbocycles. The molecule has 0 heteroatoms. The fourth-order valence-corrected chi connectivity index (χ4v) is 3.34. The van der Waals surface area contributed by atoms with Crippen molar-refractivity contribution in [3.63, 3.8) is 0 Å². The Balaban J connectivity index is 2.62. The van der Waals surface area contributed by atoms with Crippen LogP contribution in [0.4, 0.5) is 0 Å². The zero-order valence-electron chi connectivity index (χ0n) is 8.65. The normalized spacial score (nSPS) is 34.4. The Morgan fingerprint density at radius 2 is 1.64 bits per heavy atom. The van der Waals surface area contributed by atoms with Gasteiger partial charge in [-0.3, -0.25) is 0 Å². The van der Waals surface area contributed by atoms with Gasteiger partial charge in [-0.05, 0) is 36.0 Å². The van der Waals surface area contributed by atoms with Gasteiger partial charge < -0.3 is 0 Å². The molecule has 0 radical (unpaired) electrons. The third kappa shape index (κ3) is 1.11. The third-order valence-electron chi connectivity index (χ3n) is 4.03. The maximum atomic E-state index is 2.43. The van der Waals surface area contributed by atoms with Crippen LogP contribution in [0.3, 0.4) is 0 Å². The van der Waals surface area contributed by atoms with Crippen LogP contribution >= 0.6 is 0 Å². The first-order valence-corrected chi connectivity index (χ1v) is 5.10. The van der Waals surface area contributed by atoms with Gasteiger partial charge in [-0.2, -0.15) is 0 Å². The zero-order chi connectivity index (χ0) is 8.65. The molecule has 1 rings (SSSR count). The van der Waals surface area contributed by atoms with Crippen molar-refractivity contribution in [1.29, 1.82) is 0 Å². The minimum absolute atomic E-state index is 0.730. The Kier molecular flexibility index (Phi) is 2.32. The van der Waals surface area contributed by atoms with Gasteiger partial charge in [0.2, 0.25) is 0 Å². The summed E-state index contributed by atoms with van der Waals surface area (Å²) in [4.78, 5) is 0. The first kappa shape index (κ1) is 9.09. The summed E-state index contributed by atoms with van der Waals surface area (Å²) < 4.78 is 0. The molecule has 0 spiro atoms. The second kappa shape index (κ2) is 2.80. The third-order valence-corrected chi connectivity index (χ3v) is 4.03. The van der Waals surface area contributed by atoms with E-state index >= 15 is 0 Å². The van der Waals surface area contributed by atoms with Crippen molar-refractivity contribution in [3.8, 4) is 0 Å². The molecule has 1 aliphatic rings. The van der Waals surface area contributed by atoms with Crippen molar-refractivity contribution in [3.05, 3.63) is 0 Å². The summed E-state index contributed by atoms with van der Waals surface area (Å²) in [6.07, 6.45) is 2.76. The van der Waals surface area contributed by atoms with Crippen LogP contribution in [0.5, 0.6) is 0 Å².